The maximum atomic E-state index is 10.7. The van der Waals surface area contributed by atoms with Crippen LogP contribution in [-0.4, -0.2) is 19.4 Å². The summed E-state index contributed by atoms with van der Waals surface area (Å²) in [5, 5.41) is 0. The molecule has 62 valence electrons. The van der Waals surface area contributed by atoms with Gasteiger partial charge in [0.2, 0.25) is 0 Å². The minimum atomic E-state index is -0.393. The molecule has 0 aromatic heterocycles. The lowest BCUT2D eigenvalue weighted by molar-refractivity contribution is -0.136. The third kappa shape index (κ3) is 4.31. The molecule has 0 aliphatic heterocycles. The normalized spacial score (nSPS) is 8.82. The van der Waals surface area contributed by atoms with Crippen LogP contribution < -0.4 is 0 Å². The highest BCUT2D eigenvalue weighted by Gasteiger charge is 2.04. The second-order valence-electron chi connectivity index (χ2n) is 2.15. The molecule has 0 aromatic carbocycles. The van der Waals surface area contributed by atoms with E-state index in [0.717, 1.165) is 6.29 Å². The lowest BCUT2D eigenvalue weighted by Gasteiger charge is -1.99. The molecule has 0 saturated carbocycles. The van der Waals surface area contributed by atoms with Gasteiger partial charge in [-0.15, -0.1) is 0 Å². The molecule has 0 spiro atoms. The van der Waals surface area contributed by atoms with E-state index in [1.807, 2.05) is 0 Å². The Bertz CT molecular complexity index is 161. The van der Waals surface area contributed by atoms with Crippen molar-refractivity contribution in [1.82, 2.24) is 0 Å². The number of aldehydes is 1. The average molecular weight is 156 g/mol. The summed E-state index contributed by atoms with van der Waals surface area (Å²) < 4.78 is 4.42. The minimum absolute atomic E-state index is 0.393. The molecule has 0 aliphatic carbocycles. The van der Waals surface area contributed by atoms with Gasteiger partial charge in [-0.25, -0.2) is 4.79 Å². The summed E-state index contributed by atoms with van der Waals surface area (Å²) in [4.78, 5) is 20.6. The zero-order chi connectivity index (χ0) is 8.69. The third-order valence-corrected chi connectivity index (χ3v) is 1.27. The van der Waals surface area contributed by atoms with Crippen LogP contribution in [0.25, 0.3) is 0 Å². The highest BCUT2D eigenvalue weighted by atomic mass is 16.5. The lowest BCUT2D eigenvalue weighted by atomic mass is 10.1. The quantitative estimate of drug-likeness (QED) is 0.259. The molecule has 0 radical (unpaired) electrons. The summed E-state index contributed by atoms with van der Waals surface area (Å²) in [5.41, 5.74) is 0.425. The molecule has 0 fully saturated rings. The fraction of sp³-hybridized carbons (Fsp3) is 0.500. The van der Waals surface area contributed by atoms with E-state index in [4.69, 9.17) is 0 Å². The van der Waals surface area contributed by atoms with Crippen LogP contribution in [0.4, 0.5) is 0 Å². The van der Waals surface area contributed by atoms with Crippen molar-refractivity contribution >= 4 is 12.3 Å². The van der Waals surface area contributed by atoms with Crippen molar-refractivity contribution in [3.8, 4) is 0 Å². The summed E-state index contributed by atoms with van der Waals surface area (Å²) in [6, 6.07) is 0. The van der Waals surface area contributed by atoms with Gasteiger partial charge >= 0.3 is 5.97 Å². The number of unbranched alkanes of at least 4 members (excludes halogenated alkanes) is 1. The van der Waals surface area contributed by atoms with Crippen molar-refractivity contribution in [2.45, 2.75) is 19.3 Å². The molecule has 0 aliphatic rings. The zero-order valence-corrected chi connectivity index (χ0v) is 6.63. The first-order valence-corrected chi connectivity index (χ1v) is 3.42. The fourth-order valence-corrected chi connectivity index (χ4v) is 0.645. The number of rotatable bonds is 5. The molecule has 0 N–H and O–H groups in total. The fourth-order valence-electron chi connectivity index (χ4n) is 0.645. The van der Waals surface area contributed by atoms with Crippen LogP contribution in [-0.2, 0) is 14.3 Å². The number of hydrogen-bond donors (Lipinski definition) is 0. The van der Waals surface area contributed by atoms with Crippen LogP contribution in [0, 0.1) is 0 Å². The third-order valence-electron chi connectivity index (χ3n) is 1.27. The number of ether oxygens (including phenoxy) is 1. The summed E-state index contributed by atoms with van der Waals surface area (Å²) in [6.07, 6.45) is 2.49. The van der Waals surface area contributed by atoms with E-state index in [2.05, 4.69) is 11.3 Å². The Balaban J connectivity index is 3.52. The van der Waals surface area contributed by atoms with Crippen molar-refractivity contribution in [2.75, 3.05) is 7.11 Å². The number of carbonyl (C=O) groups is 2. The number of carbonyl (C=O) groups excluding carboxylic acids is 2. The van der Waals surface area contributed by atoms with Gasteiger partial charge in [0.1, 0.15) is 6.29 Å². The first-order valence-electron chi connectivity index (χ1n) is 3.42. The van der Waals surface area contributed by atoms with Gasteiger partial charge in [0.05, 0.1) is 7.11 Å². The topological polar surface area (TPSA) is 43.4 Å². The van der Waals surface area contributed by atoms with Gasteiger partial charge in [-0.1, -0.05) is 6.58 Å². The molecule has 3 nitrogen and oxygen atoms in total. The van der Waals surface area contributed by atoms with Crippen LogP contribution >= 0.6 is 0 Å². The van der Waals surface area contributed by atoms with Gasteiger partial charge in [0, 0.05) is 12.0 Å². The van der Waals surface area contributed by atoms with Gasteiger partial charge < -0.3 is 9.53 Å². The molecule has 0 rings (SSSR count). The van der Waals surface area contributed by atoms with Crippen molar-refractivity contribution in [2.24, 2.45) is 0 Å². The van der Waals surface area contributed by atoms with Crippen LogP contribution in [0.15, 0.2) is 12.2 Å². The Kier molecular flexibility index (Phi) is 5.07. The number of methoxy groups -OCH3 is 1. The molecule has 0 saturated heterocycles. The molecular formula is C8H12O3. The van der Waals surface area contributed by atoms with E-state index in [1.165, 1.54) is 7.11 Å². The van der Waals surface area contributed by atoms with Crippen LogP contribution in [0.1, 0.15) is 19.3 Å². The highest BCUT2D eigenvalue weighted by molar-refractivity contribution is 5.87. The summed E-state index contributed by atoms with van der Waals surface area (Å²) in [7, 11) is 1.31. The Labute approximate surface area is 66.0 Å². The van der Waals surface area contributed by atoms with Gasteiger partial charge in [-0.05, 0) is 12.8 Å². The molecule has 0 amide bonds. The minimum Gasteiger partial charge on any atom is -0.466 e. The Hall–Kier alpha value is -1.12. The SMILES string of the molecule is C=C(CCCC=O)C(=O)OC. The number of esters is 1. The van der Waals surface area contributed by atoms with E-state index >= 15 is 0 Å². The summed E-state index contributed by atoms with van der Waals surface area (Å²) in [6.45, 7) is 3.51. The Morgan fingerprint density at radius 1 is 1.64 bits per heavy atom. The standard InChI is InChI=1S/C8H12O3/c1-7(8(10)11-2)5-3-4-6-9/h6H,1,3-5H2,2H3. The first kappa shape index (κ1) is 9.88. The highest BCUT2D eigenvalue weighted by Crippen LogP contribution is 2.04. The molecule has 11 heavy (non-hydrogen) atoms. The van der Waals surface area contributed by atoms with E-state index in [0.29, 0.717) is 24.8 Å². The molecule has 0 unspecified atom stereocenters. The van der Waals surface area contributed by atoms with Crippen molar-refractivity contribution < 1.29 is 14.3 Å². The predicted molar refractivity (Wildman–Crippen MR) is 41.1 cm³/mol. The predicted octanol–water partition coefficient (Wildman–Crippen LogP) is 1.08. The number of hydrogen-bond acceptors (Lipinski definition) is 3. The molecule has 0 bridgehead atoms. The second kappa shape index (κ2) is 5.65. The first-order chi connectivity index (χ1) is 5.22. The van der Waals surface area contributed by atoms with Crippen molar-refractivity contribution in [1.29, 1.82) is 0 Å². The molecule has 0 atom stereocenters. The van der Waals surface area contributed by atoms with Crippen LogP contribution in [0.2, 0.25) is 0 Å². The van der Waals surface area contributed by atoms with Crippen molar-refractivity contribution in [3.05, 3.63) is 12.2 Å². The van der Waals surface area contributed by atoms with Gasteiger partial charge in [0.15, 0.2) is 0 Å². The molecule has 0 heterocycles. The monoisotopic (exact) mass is 156 g/mol. The van der Waals surface area contributed by atoms with Gasteiger partial charge in [-0.3, -0.25) is 0 Å². The molecule has 0 aromatic rings. The maximum absolute atomic E-state index is 10.7. The largest absolute Gasteiger partial charge is 0.466 e. The molecule has 3 heteroatoms. The average Bonchev–Trinajstić information content (AvgIpc) is 2.03. The van der Waals surface area contributed by atoms with E-state index in [-0.39, 0.29) is 0 Å². The second-order valence-corrected chi connectivity index (χ2v) is 2.15. The van der Waals surface area contributed by atoms with E-state index in [1.54, 1.807) is 0 Å². The zero-order valence-electron chi connectivity index (χ0n) is 6.63. The smallest absolute Gasteiger partial charge is 0.333 e. The van der Waals surface area contributed by atoms with Crippen LogP contribution in [0.3, 0.4) is 0 Å². The van der Waals surface area contributed by atoms with E-state index in [9.17, 15) is 9.59 Å². The maximum Gasteiger partial charge on any atom is 0.333 e. The summed E-state index contributed by atoms with van der Waals surface area (Å²) in [5.74, 6) is -0.393. The summed E-state index contributed by atoms with van der Waals surface area (Å²) >= 11 is 0. The van der Waals surface area contributed by atoms with Gasteiger partial charge in [-0.2, -0.15) is 0 Å². The van der Waals surface area contributed by atoms with E-state index < -0.39 is 5.97 Å². The molecular weight excluding hydrogens is 144 g/mol. The Morgan fingerprint density at radius 2 is 2.27 bits per heavy atom. The van der Waals surface area contributed by atoms with Crippen LogP contribution in [0.5, 0.6) is 0 Å². The van der Waals surface area contributed by atoms with Crippen molar-refractivity contribution in [3.63, 3.8) is 0 Å². The lowest BCUT2D eigenvalue weighted by Crippen LogP contribution is -2.03. The Morgan fingerprint density at radius 3 is 2.73 bits per heavy atom. The van der Waals surface area contributed by atoms with Gasteiger partial charge in [0.25, 0.3) is 0 Å².